The highest BCUT2D eigenvalue weighted by Gasteiger charge is 2.33. The molecule has 0 saturated carbocycles. The zero-order valence-corrected chi connectivity index (χ0v) is 13.5. The lowest BCUT2D eigenvalue weighted by Gasteiger charge is -2.06. The van der Waals surface area contributed by atoms with Crippen molar-refractivity contribution in [2.75, 3.05) is 6.54 Å². The number of rotatable bonds is 4. The highest BCUT2D eigenvalue weighted by molar-refractivity contribution is 8.18. The van der Waals surface area contributed by atoms with Crippen LogP contribution < -0.4 is 5.11 Å². The summed E-state index contributed by atoms with van der Waals surface area (Å²) in [6.07, 6.45) is 1.53. The van der Waals surface area contributed by atoms with E-state index in [0.717, 1.165) is 11.8 Å². The molecule has 24 heavy (non-hydrogen) atoms. The fraction of sp³-hybridized carbons (Fsp3) is 0.118. The van der Waals surface area contributed by atoms with E-state index in [0.29, 0.717) is 28.5 Å². The van der Waals surface area contributed by atoms with Crippen molar-refractivity contribution in [2.45, 2.75) is 6.92 Å². The Morgan fingerprint density at radius 1 is 1.21 bits per heavy atom. The molecule has 3 rings (SSSR count). The lowest BCUT2D eigenvalue weighted by atomic mass is 10.1. The van der Waals surface area contributed by atoms with Crippen LogP contribution in [0.3, 0.4) is 0 Å². The average Bonchev–Trinajstić information content (AvgIpc) is 3.13. The lowest BCUT2D eigenvalue weighted by molar-refractivity contribution is -0.255. The van der Waals surface area contributed by atoms with Crippen LogP contribution in [0.15, 0.2) is 45.7 Å². The van der Waals surface area contributed by atoms with E-state index < -0.39 is 5.97 Å². The number of hydrogen-bond acceptors (Lipinski definition) is 6. The van der Waals surface area contributed by atoms with Gasteiger partial charge in [0.15, 0.2) is 0 Å². The van der Waals surface area contributed by atoms with Crippen LogP contribution in [0, 0.1) is 0 Å². The Morgan fingerprint density at radius 3 is 2.50 bits per heavy atom. The molecule has 1 aromatic heterocycles. The molecule has 1 aliphatic heterocycles. The first-order valence-electron chi connectivity index (χ1n) is 7.16. The fourth-order valence-corrected chi connectivity index (χ4v) is 3.14. The van der Waals surface area contributed by atoms with E-state index in [1.165, 1.54) is 23.1 Å². The van der Waals surface area contributed by atoms with Gasteiger partial charge in [0.25, 0.3) is 11.1 Å². The van der Waals surface area contributed by atoms with E-state index in [4.69, 9.17) is 4.42 Å². The van der Waals surface area contributed by atoms with Crippen molar-refractivity contribution < 1.29 is 23.9 Å². The highest BCUT2D eigenvalue weighted by Crippen LogP contribution is 2.33. The minimum atomic E-state index is -1.24. The molecule has 0 unspecified atom stereocenters. The molecule has 122 valence electrons. The van der Waals surface area contributed by atoms with Crippen LogP contribution in [-0.4, -0.2) is 28.6 Å². The summed E-state index contributed by atoms with van der Waals surface area (Å²) in [5, 5.41) is 10.5. The van der Waals surface area contributed by atoms with Crippen molar-refractivity contribution in [1.29, 1.82) is 0 Å². The number of amides is 2. The molecule has 0 atom stereocenters. The summed E-state index contributed by atoms with van der Waals surface area (Å²) in [6.45, 7) is 2.07. The van der Waals surface area contributed by atoms with Gasteiger partial charge in [-0.25, -0.2) is 0 Å². The molecule has 0 aliphatic carbocycles. The molecule has 1 saturated heterocycles. The van der Waals surface area contributed by atoms with Crippen molar-refractivity contribution in [3.63, 3.8) is 0 Å². The van der Waals surface area contributed by atoms with Crippen molar-refractivity contribution in [2.24, 2.45) is 0 Å². The van der Waals surface area contributed by atoms with E-state index >= 15 is 0 Å². The number of hydrogen-bond donors (Lipinski definition) is 0. The molecule has 7 heteroatoms. The molecule has 2 heterocycles. The number of carboxylic acids is 1. The molecular weight excluding hydrogens is 330 g/mol. The summed E-state index contributed by atoms with van der Waals surface area (Å²) >= 11 is 0.878. The van der Waals surface area contributed by atoms with Gasteiger partial charge in [-0.3, -0.25) is 14.5 Å². The second kappa shape index (κ2) is 6.37. The molecule has 2 aromatic rings. The first kappa shape index (κ1) is 16.1. The number of imide groups is 1. The van der Waals surface area contributed by atoms with E-state index in [1.807, 2.05) is 0 Å². The Hall–Kier alpha value is -2.80. The van der Waals surface area contributed by atoms with Gasteiger partial charge in [-0.2, -0.15) is 0 Å². The second-order valence-corrected chi connectivity index (χ2v) is 5.99. The quantitative estimate of drug-likeness (QED) is 0.792. The maximum absolute atomic E-state index is 12.0. The molecule has 1 aromatic carbocycles. The maximum Gasteiger partial charge on any atom is 0.293 e. The first-order chi connectivity index (χ1) is 11.5. The molecule has 0 spiro atoms. The predicted octanol–water partition coefficient (Wildman–Crippen LogP) is 2.37. The van der Waals surface area contributed by atoms with Crippen LogP contribution in [0.2, 0.25) is 0 Å². The van der Waals surface area contributed by atoms with Crippen molar-refractivity contribution >= 4 is 35.0 Å². The van der Waals surface area contributed by atoms with E-state index in [-0.39, 0.29) is 16.7 Å². The van der Waals surface area contributed by atoms with Crippen LogP contribution in [0.1, 0.15) is 23.0 Å². The van der Waals surface area contributed by atoms with Gasteiger partial charge < -0.3 is 14.3 Å². The molecule has 6 nitrogen and oxygen atoms in total. The standard InChI is InChI=1S/C17H13NO5S/c1-2-18-15(19)14(24-17(18)22)9-12-7-8-13(23-12)10-3-5-11(6-4-10)16(20)21/h3-9H,2H2,1H3,(H,20,21)/p-1/b14-9-. The van der Waals surface area contributed by atoms with Gasteiger partial charge in [0.2, 0.25) is 0 Å². The summed E-state index contributed by atoms with van der Waals surface area (Å²) < 4.78 is 5.65. The molecule has 1 aliphatic rings. The minimum absolute atomic E-state index is 0.0822. The topological polar surface area (TPSA) is 90.7 Å². The summed E-state index contributed by atoms with van der Waals surface area (Å²) in [7, 11) is 0. The number of carbonyl (C=O) groups is 3. The molecule has 0 bridgehead atoms. The summed E-state index contributed by atoms with van der Waals surface area (Å²) in [5.41, 5.74) is 0.778. The number of carboxylic acid groups (broad SMARTS) is 1. The third-order valence-electron chi connectivity index (χ3n) is 3.50. The van der Waals surface area contributed by atoms with E-state index in [2.05, 4.69) is 0 Å². The molecular formula is C17H12NO5S-. The largest absolute Gasteiger partial charge is 0.545 e. The predicted molar refractivity (Wildman–Crippen MR) is 86.8 cm³/mol. The van der Waals surface area contributed by atoms with E-state index in [9.17, 15) is 19.5 Å². The third-order valence-corrected chi connectivity index (χ3v) is 4.40. The van der Waals surface area contributed by atoms with Gasteiger partial charge in [0.05, 0.1) is 10.9 Å². The Kier molecular flexibility index (Phi) is 4.26. The van der Waals surface area contributed by atoms with Crippen LogP contribution in [0.5, 0.6) is 0 Å². The molecule has 1 fully saturated rings. The van der Waals surface area contributed by atoms with Gasteiger partial charge in [0, 0.05) is 18.2 Å². The van der Waals surface area contributed by atoms with Gasteiger partial charge in [0.1, 0.15) is 11.5 Å². The smallest absolute Gasteiger partial charge is 0.293 e. The monoisotopic (exact) mass is 342 g/mol. The summed E-state index contributed by atoms with van der Waals surface area (Å²) in [4.78, 5) is 35.9. The van der Waals surface area contributed by atoms with Crippen LogP contribution in [-0.2, 0) is 4.79 Å². The maximum atomic E-state index is 12.0. The van der Waals surface area contributed by atoms with Gasteiger partial charge in [-0.15, -0.1) is 0 Å². The molecule has 0 radical (unpaired) electrons. The number of thioether (sulfide) groups is 1. The van der Waals surface area contributed by atoms with Crippen LogP contribution >= 0.6 is 11.8 Å². The summed E-state index contributed by atoms with van der Waals surface area (Å²) in [5.74, 6) is -0.603. The highest BCUT2D eigenvalue weighted by atomic mass is 32.2. The average molecular weight is 342 g/mol. The van der Waals surface area contributed by atoms with Gasteiger partial charge >= 0.3 is 0 Å². The van der Waals surface area contributed by atoms with Crippen LogP contribution in [0.25, 0.3) is 17.4 Å². The summed E-state index contributed by atoms with van der Waals surface area (Å²) in [6, 6.07) is 9.47. The third kappa shape index (κ3) is 2.98. The lowest BCUT2D eigenvalue weighted by Crippen LogP contribution is -2.27. The zero-order valence-electron chi connectivity index (χ0n) is 12.6. The Balaban J connectivity index is 1.83. The number of likely N-dealkylation sites (N-methyl/N-ethyl adjacent to an activating group) is 1. The Morgan fingerprint density at radius 2 is 1.92 bits per heavy atom. The number of carbonyl (C=O) groups excluding carboxylic acids is 3. The fourth-order valence-electron chi connectivity index (χ4n) is 2.26. The Labute approximate surface area is 141 Å². The molecule has 0 N–H and O–H groups in total. The second-order valence-electron chi connectivity index (χ2n) is 4.99. The number of nitrogens with zero attached hydrogens (tertiary/aromatic N) is 1. The Bertz CT molecular complexity index is 850. The SMILES string of the molecule is CCN1C(=O)S/C(=C\c2ccc(-c3ccc(C(=O)[O-])cc3)o2)C1=O. The van der Waals surface area contributed by atoms with Crippen LogP contribution in [0.4, 0.5) is 4.79 Å². The zero-order chi connectivity index (χ0) is 17.3. The number of furan rings is 1. The normalized spacial score (nSPS) is 16.2. The number of aromatic carboxylic acids is 1. The number of benzene rings is 1. The van der Waals surface area contributed by atoms with Crippen molar-refractivity contribution in [3.05, 3.63) is 52.6 Å². The molecule has 2 amide bonds. The van der Waals surface area contributed by atoms with E-state index in [1.54, 1.807) is 31.2 Å². The van der Waals surface area contributed by atoms with Crippen molar-refractivity contribution in [3.8, 4) is 11.3 Å². The van der Waals surface area contributed by atoms with Gasteiger partial charge in [-0.1, -0.05) is 24.3 Å². The van der Waals surface area contributed by atoms with Crippen molar-refractivity contribution in [1.82, 2.24) is 4.90 Å². The first-order valence-corrected chi connectivity index (χ1v) is 7.98. The van der Waals surface area contributed by atoms with Gasteiger partial charge in [-0.05, 0) is 36.4 Å². The minimum Gasteiger partial charge on any atom is -0.545 e.